The van der Waals surface area contributed by atoms with E-state index >= 15 is 0 Å². The van der Waals surface area contributed by atoms with Gasteiger partial charge in [0.2, 0.25) is 0 Å². The van der Waals surface area contributed by atoms with Crippen molar-refractivity contribution in [1.82, 2.24) is 0 Å². The minimum atomic E-state index is -0.704. The van der Waals surface area contributed by atoms with Gasteiger partial charge in [-0.25, -0.2) is 9.59 Å². The van der Waals surface area contributed by atoms with Gasteiger partial charge in [-0.05, 0) is 12.8 Å². The highest BCUT2D eigenvalue weighted by Gasteiger charge is 2.35. The maximum absolute atomic E-state index is 11.4. The van der Waals surface area contributed by atoms with Crippen molar-refractivity contribution in [1.29, 1.82) is 0 Å². The summed E-state index contributed by atoms with van der Waals surface area (Å²) in [4.78, 5) is 33.5. The molecular formula is C20H32O8. The monoisotopic (exact) mass is 400 g/mol. The Morgan fingerprint density at radius 1 is 0.821 bits per heavy atom. The number of esters is 2. The molecule has 0 aromatic heterocycles. The zero-order chi connectivity index (χ0) is 21.5. The van der Waals surface area contributed by atoms with Crippen LogP contribution in [-0.2, 0) is 38.1 Å². The van der Waals surface area contributed by atoms with Crippen LogP contribution in [0, 0.1) is 10.8 Å². The second-order valence-corrected chi connectivity index (χ2v) is 6.66. The lowest BCUT2D eigenvalue weighted by Crippen LogP contribution is -2.41. The lowest BCUT2D eigenvalue weighted by atomic mass is 9.86. The minimum absolute atomic E-state index is 0.0110. The van der Waals surface area contributed by atoms with Crippen molar-refractivity contribution in [2.75, 3.05) is 46.8 Å². The van der Waals surface area contributed by atoms with Crippen LogP contribution in [0.3, 0.4) is 0 Å². The van der Waals surface area contributed by atoms with Crippen molar-refractivity contribution in [2.24, 2.45) is 10.8 Å². The third-order valence-corrected chi connectivity index (χ3v) is 4.60. The maximum Gasteiger partial charge on any atom is 0.330 e. The van der Waals surface area contributed by atoms with Crippen LogP contribution in [0.5, 0.6) is 0 Å². The first kappa shape index (κ1) is 25.8. The summed E-state index contributed by atoms with van der Waals surface area (Å²) in [5.74, 6) is -1.09. The zero-order valence-corrected chi connectivity index (χ0v) is 17.1. The van der Waals surface area contributed by atoms with Gasteiger partial charge in [0.15, 0.2) is 0 Å². The van der Waals surface area contributed by atoms with E-state index in [9.17, 15) is 14.4 Å². The SMILES string of the molecule is C=CC(=O)OCC(CC)(COC)COCC(CC)(COC=O)COC(=O)C=C. The molecule has 2 unspecified atom stereocenters. The van der Waals surface area contributed by atoms with Crippen molar-refractivity contribution in [3.8, 4) is 0 Å². The van der Waals surface area contributed by atoms with Crippen molar-refractivity contribution in [3.05, 3.63) is 25.3 Å². The second kappa shape index (κ2) is 13.9. The van der Waals surface area contributed by atoms with Gasteiger partial charge in [0.1, 0.15) is 19.8 Å². The van der Waals surface area contributed by atoms with Crippen LogP contribution < -0.4 is 0 Å². The molecule has 0 rings (SSSR count). The van der Waals surface area contributed by atoms with E-state index in [4.69, 9.17) is 23.7 Å². The van der Waals surface area contributed by atoms with Crippen molar-refractivity contribution in [2.45, 2.75) is 26.7 Å². The molecule has 0 spiro atoms. The first-order chi connectivity index (χ1) is 13.4. The molecule has 0 N–H and O–H groups in total. The Hall–Kier alpha value is -2.19. The molecule has 0 heterocycles. The summed E-state index contributed by atoms with van der Waals surface area (Å²) in [5.41, 5.74) is -1.25. The average molecular weight is 400 g/mol. The van der Waals surface area contributed by atoms with Gasteiger partial charge in [-0.15, -0.1) is 0 Å². The molecule has 0 aliphatic carbocycles. The smallest absolute Gasteiger partial charge is 0.330 e. The summed E-state index contributed by atoms with van der Waals surface area (Å²) >= 11 is 0. The topological polar surface area (TPSA) is 97.4 Å². The van der Waals surface area contributed by atoms with Gasteiger partial charge in [0.25, 0.3) is 6.47 Å². The van der Waals surface area contributed by atoms with Gasteiger partial charge in [0, 0.05) is 19.3 Å². The van der Waals surface area contributed by atoms with E-state index in [2.05, 4.69) is 13.2 Å². The lowest BCUT2D eigenvalue weighted by Gasteiger charge is -2.35. The Bertz CT molecular complexity index is 518. The molecule has 0 bridgehead atoms. The molecule has 2 atom stereocenters. The maximum atomic E-state index is 11.4. The highest BCUT2D eigenvalue weighted by Crippen LogP contribution is 2.28. The molecule has 0 aliphatic heterocycles. The average Bonchev–Trinajstić information content (AvgIpc) is 2.73. The quantitative estimate of drug-likeness (QED) is 0.158. The second-order valence-electron chi connectivity index (χ2n) is 6.66. The van der Waals surface area contributed by atoms with Crippen molar-refractivity contribution < 1.29 is 38.1 Å². The Kier molecular flexibility index (Phi) is 12.8. The number of rotatable bonds is 17. The van der Waals surface area contributed by atoms with Gasteiger partial charge in [-0.3, -0.25) is 4.79 Å². The Morgan fingerprint density at radius 2 is 1.29 bits per heavy atom. The number of carbonyl (C=O) groups is 3. The van der Waals surface area contributed by atoms with Gasteiger partial charge in [-0.1, -0.05) is 27.0 Å². The molecule has 0 radical (unpaired) electrons. The summed E-state index contributed by atoms with van der Waals surface area (Å²) in [7, 11) is 1.56. The Balaban J connectivity index is 5.10. The van der Waals surface area contributed by atoms with Crippen molar-refractivity contribution in [3.63, 3.8) is 0 Å². The van der Waals surface area contributed by atoms with Gasteiger partial charge >= 0.3 is 11.9 Å². The number of carbonyl (C=O) groups excluding carboxylic acids is 3. The van der Waals surface area contributed by atoms with Gasteiger partial charge in [0.05, 0.1) is 30.7 Å². The number of ether oxygens (including phenoxy) is 5. The zero-order valence-electron chi connectivity index (χ0n) is 17.1. The summed E-state index contributed by atoms with van der Waals surface area (Å²) in [5, 5.41) is 0. The summed E-state index contributed by atoms with van der Waals surface area (Å²) in [6.07, 6.45) is 3.35. The normalized spacial score (nSPS) is 14.8. The molecule has 0 aromatic carbocycles. The molecule has 0 amide bonds. The number of methoxy groups -OCH3 is 1. The van der Waals surface area contributed by atoms with Crippen LogP contribution in [0.15, 0.2) is 25.3 Å². The lowest BCUT2D eigenvalue weighted by molar-refractivity contribution is -0.152. The van der Waals surface area contributed by atoms with Crippen LogP contribution >= 0.6 is 0 Å². The molecule has 8 nitrogen and oxygen atoms in total. The molecule has 0 aromatic rings. The van der Waals surface area contributed by atoms with Gasteiger partial charge < -0.3 is 23.7 Å². The van der Waals surface area contributed by atoms with Crippen molar-refractivity contribution >= 4 is 18.4 Å². The molecule has 0 fully saturated rings. The van der Waals surface area contributed by atoms with Crippen LogP contribution in [0.2, 0.25) is 0 Å². The molecule has 0 saturated carbocycles. The Labute approximate surface area is 166 Å². The highest BCUT2D eigenvalue weighted by atomic mass is 16.6. The summed E-state index contributed by atoms with van der Waals surface area (Å²) in [6, 6.07) is 0. The Morgan fingerprint density at radius 3 is 1.64 bits per heavy atom. The molecule has 160 valence electrons. The fourth-order valence-electron chi connectivity index (χ4n) is 2.43. The van der Waals surface area contributed by atoms with Gasteiger partial charge in [-0.2, -0.15) is 0 Å². The highest BCUT2D eigenvalue weighted by molar-refractivity contribution is 5.81. The van der Waals surface area contributed by atoms with Crippen LogP contribution in [0.1, 0.15) is 26.7 Å². The van der Waals surface area contributed by atoms with Crippen LogP contribution in [-0.4, -0.2) is 65.2 Å². The van der Waals surface area contributed by atoms with E-state index < -0.39 is 22.8 Å². The van der Waals surface area contributed by atoms with Crippen LogP contribution in [0.4, 0.5) is 0 Å². The number of hydrogen-bond acceptors (Lipinski definition) is 8. The molecular weight excluding hydrogens is 368 g/mol. The number of hydrogen-bond donors (Lipinski definition) is 0. The summed E-state index contributed by atoms with van der Waals surface area (Å²) in [6.45, 7) is 11.8. The predicted octanol–water partition coefficient (Wildman–Crippen LogP) is 2.07. The third-order valence-electron chi connectivity index (χ3n) is 4.60. The van der Waals surface area contributed by atoms with E-state index in [1.165, 1.54) is 0 Å². The third kappa shape index (κ3) is 9.14. The molecule has 0 aliphatic rings. The van der Waals surface area contributed by atoms with E-state index in [0.717, 1.165) is 12.2 Å². The first-order valence-corrected chi connectivity index (χ1v) is 9.06. The predicted molar refractivity (Wildman–Crippen MR) is 102 cm³/mol. The van der Waals surface area contributed by atoms with E-state index in [1.807, 2.05) is 13.8 Å². The molecule has 28 heavy (non-hydrogen) atoms. The molecule has 0 saturated heterocycles. The minimum Gasteiger partial charge on any atom is -0.467 e. The van der Waals surface area contributed by atoms with E-state index in [-0.39, 0.29) is 33.0 Å². The molecule has 8 heteroatoms. The summed E-state index contributed by atoms with van der Waals surface area (Å²) < 4.78 is 26.5. The standard InChI is InChI=1S/C20H32O8/c1-6-17(22)27-14-19(8-3,10-24-5)11-25-12-20(9-4,13-26-16-21)15-28-18(23)7-2/h6-7,16H,1-2,8-15H2,3-5H3. The fraction of sp³-hybridized carbons (Fsp3) is 0.650. The first-order valence-electron chi connectivity index (χ1n) is 9.06. The van der Waals surface area contributed by atoms with E-state index in [0.29, 0.717) is 25.9 Å². The van der Waals surface area contributed by atoms with Crippen LogP contribution in [0.25, 0.3) is 0 Å². The largest absolute Gasteiger partial charge is 0.467 e. The van der Waals surface area contributed by atoms with E-state index in [1.54, 1.807) is 7.11 Å². The fourth-order valence-corrected chi connectivity index (χ4v) is 2.43.